The van der Waals surface area contributed by atoms with E-state index in [0.717, 1.165) is 5.56 Å². The quantitative estimate of drug-likeness (QED) is 0.897. The lowest BCUT2D eigenvalue weighted by Crippen LogP contribution is -2.23. The van der Waals surface area contributed by atoms with Gasteiger partial charge < -0.3 is 19.3 Å². The molecule has 0 aliphatic heterocycles. The predicted molar refractivity (Wildman–Crippen MR) is 71.2 cm³/mol. The van der Waals surface area contributed by atoms with Crippen LogP contribution in [0.15, 0.2) is 6.07 Å². The average Bonchev–Trinajstić information content (AvgIpc) is 2.37. The van der Waals surface area contributed by atoms with Crippen LogP contribution in [0, 0.1) is 0 Å². The summed E-state index contributed by atoms with van der Waals surface area (Å²) in [5, 5.41) is 9.82. The molecule has 0 spiro atoms. The van der Waals surface area contributed by atoms with E-state index in [1.54, 1.807) is 6.07 Å². The van der Waals surface area contributed by atoms with Crippen molar-refractivity contribution in [3.05, 3.63) is 16.7 Å². The fourth-order valence-corrected chi connectivity index (χ4v) is 2.07. The zero-order valence-electron chi connectivity index (χ0n) is 11.3. The van der Waals surface area contributed by atoms with E-state index in [4.69, 9.17) is 25.8 Å². The van der Waals surface area contributed by atoms with Crippen LogP contribution >= 0.6 is 11.6 Å². The minimum atomic E-state index is -0.492. The molecule has 0 aliphatic rings. The van der Waals surface area contributed by atoms with Crippen molar-refractivity contribution in [1.82, 2.24) is 0 Å². The number of benzene rings is 1. The summed E-state index contributed by atoms with van der Waals surface area (Å²) in [5.74, 6) is 1.43. The Morgan fingerprint density at radius 3 is 2.06 bits per heavy atom. The smallest absolute Gasteiger partial charge is 0.183 e. The highest BCUT2D eigenvalue weighted by Crippen LogP contribution is 2.47. The van der Waals surface area contributed by atoms with Gasteiger partial charge in [0.25, 0.3) is 0 Å². The topological polar surface area (TPSA) is 47.9 Å². The number of rotatable bonds is 5. The molecule has 18 heavy (non-hydrogen) atoms. The van der Waals surface area contributed by atoms with E-state index >= 15 is 0 Å². The van der Waals surface area contributed by atoms with Crippen molar-refractivity contribution in [3.8, 4) is 17.2 Å². The monoisotopic (exact) mass is 274 g/mol. The Balaban J connectivity index is 3.57. The van der Waals surface area contributed by atoms with Crippen molar-refractivity contribution in [3.63, 3.8) is 0 Å². The zero-order chi connectivity index (χ0) is 13.9. The summed E-state index contributed by atoms with van der Waals surface area (Å²) in [4.78, 5) is 0. The first-order valence-corrected chi connectivity index (χ1v) is 5.90. The van der Waals surface area contributed by atoms with Gasteiger partial charge in [0.05, 0.1) is 27.9 Å². The van der Waals surface area contributed by atoms with E-state index < -0.39 is 5.41 Å². The van der Waals surface area contributed by atoms with Crippen molar-refractivity contribution in [2.45, 2.75) is 19.3 Å². The highest BCUT2D eigenvalue weighted by molar-refractivity contribution is 6.34. The van der Waals surface area contributed by atoms with Gasteiger partial charge in [-0.25, -0.2) is 0 Å². The first kappa shape index (κ1) is 14.9. The van der Waals surface area contributed by atoms with Gasteiger partial charge in [-0.05, 0) is 6.07 Å². The standard InChI is InChI=1S/C13H19ClO4/c1-13(2,7-15)8-6-9(16-3)12(18-5)10(14)11(8)17-4/h6,15H,7H2,1-5H3. The van der Waals surface area contributed by atoms with Gasteiger partial charge in [0.15, 0.2) is 11.5 Å². The van der Waals surface area contributed by atoms with Crippen molar-refractivity contribution in [2.24, 2.45) is 0 Å². The van der Waals surface area contributed by atoms with Crippen molar-refractivity contribution >= 4 is 11.6 Å². The molecule has 0 saturated heterocycles. The minimum Gasteiger partial charge on any atom is -0.495 e. The van der Waals surface area contributed by atoms with E-state index in [2.05, 4.69) is 0 Å². The van der Waals surface area contributed by atoms with E-state index in [0.29, 0.717) is 22.3 Å². The molecule has 0 atom stereocenters. The maximum Gasteiger partial charge on any atom is 0.183 e. The maximum atomic E-state index is 9.48. The molecule has 102 valence electrons. The van der Waals surface area contributed by atoms with E-state index in [9.17, 15) is 5.11 Å². The van der Waals surface area contributed by atoms with Crippen LogP contribution in [0.1, 0.15) is 19.4 Å². The van der Waals surface area contributed by atoms with Gasteiger partial charge in [0.1, 0.15) is 10.8 Å². The lowest BCUT2D eigenvalue weighted by molar-refractivity contribution is 0.214. The third-order valence-corrected chi connectivity index (χ3v) is 3.24. The van der Waals surface area contributed by atoms with Crippen molar-refractivity contribution in [2.75, 3.05) is 27.9 Å². The summed E-state index contributed by atoms with van der Waals surface area (Å²) >= 11 is 6.25. The molecule has 0 radical (unpaired) electrons. The van der Waals surface area contributed by atoms with E-state index in [1.165, 1.54) is 21.3 Å². The zero-order valence-corrected chi connectivity index (χ0v) is 12.1. The molecule has 0 bridgehead atoms. The number of ether oxygens (including phenoxy) is 3. The second-order valence-electron chi connectivity index (χ2n) is 4.55. The molecule has 5 heteroatoms. The summed E-state index contributed by atoms with van der Waals surface area (Å²) in [6, 6.07) is 1.78. The fourth-order valence-electron chi connectivity index (χ4n) is 1.72. The van der Waals surface area contributed by atoms with Gasteiger partial charge in [-0.2, -0.15) is 0 Å². The molecule has 0 aromatic heterocycles. The molecular weight excluding hydrogens is 256 g/mol. The normalized spacial score (nSPS) is 11.3. The first-order valence-electron chi connectivity index (χ1n) is 5.52. The minimum absolute atomic E-state index is 0.0326. The molecule has 4 nitrogen and oxygen atoms in total. The van der Waals surface area contributed by atoms with Gasteiger partial charge in [0.2, 0.25) is 0 Å². The van der Waals surface area contributed by atoms with Crippen LogP contribution in [0.25, 0.3) is 0 Å². The van der Waals surface area contributed by atoms with Gasteiger partial charge in [-0.1, -0.05) is 25.4 Å². The van der Waals surface area contributed by atoms with E-state index in [-0.39, 0.29) is 6.61 Å². The largest absolute Gasteiger partial charge is 0.495 e. The SMILES string of the molecule is COc1cc(C(C)(C)CO)c(OC)c(Cl)c1OC. The van der Waals surface area contributed by atoms with Crippen molar-refractivity contribution in [1.29, 1.82) is 0 Å². The van der Waals surface area contributed by atoms with Crippen LogP contribution in [0.2, 0.25) is 5.02 Å². The summed E-state index contributed by atoms with van der Waals surface area (Å²) in [6.45, 7) is 3.76. The summed E-state index contributed by atoms with van der Waals surface area (Å²) in [5.41, 5.74) is 0.282. The molecule has 0 amide bonds. The molecule has 0 heterocycles. The van der Waals surface area contributed by atoms with Crippen LogP contribution in [-0.2, 0) is 5.41 Å². The van der Waals surface area contributed by atoms with Crippen LogP contribution < -0.4 is 14.2 Å². The second kappa shape index (κ2) is 5.67. The molecule has 0 fully saturated rings. The summed E-state index contributed by atoms with van der Waals surface area (Å²) in [6.07, 6.45) is 0. The molecule has 0 unspecified atom stereocenters. The second-order valence-corrected chi connectivity index (χ2v) is 4.93. The van der Waals surface area contributed by atoms with Crippen LogP contribution in [0.3, 0.4) is 0 Å². The number of aliphatic hydroxyl groups is 1. The average molecular weight is 275 g/mol. The Kier molecular flexibility index (Phi) is 4.71. The number of hydrogen-bond donors (Lipinski definition) is 1. The highest BCUT2D eigenvalue weighted by atomic mass is 35.5. The lowest BCUT2D eigenvalue weighted by Gasteiger charge is -2.26. The highest BCUT2D eigenvalue weighted by Gasteiger charge is 2.29. The van der Waals surface area contributed by atoms with Gasteiger partial charge in [0, 0.05) is 11.0 Å². The third kappa shape index (κ3) is 2.49. The molecule has 1 N–H and O–H groups in total. The number of methoxy groups -OCH3 is 3. The lowest BCUT2D eigenvalue weighted by atomic mass is 9.84. The Morgan fingerprint density at radius 1 is 1.11 bits per heavy atom. The molecular formula is C13H19ClO4. The van der Waals surface area contributed by atoms with Crippen LogP contribution in [-0.4, -0.2) is 33.0 Å². The van der Waals surface area contributed by atoms with E-state index in [1.807, 2.05) is 13.8 Å². The molecule has 1 rings (SSSR count). The molecule has 1 aromatic rings. The van der Waals surface area contributed by atoms with Crippen molar-refractivity contribution < 1.29 is 19.3 Å². The van der Waals surface area contributed by atoms with Crippen LogP contribution in [0.5, 0.6) is 17.2 Å². The Bertz CT molecular complexity index is 429. The molecule has 0 saturated carbocycles. The molecule has 0 aliphatic carbocycles. The third-order valence-electron chi connectivity index (χ3n) is 2.90. The van der Waals surface area contributed by atoms with Crippen LogP contribution in [0.4, 0.5) is 0 Å². The summed E-state index contributed by atoms with van der Waals surface area (Å²) in [7, 11) is 4.58. The summed E-state index contributed by atoms with van der Waals surface area (Å²) < 4.78 is 15.8. The predicted octanol–water partition coefficient (Wildman–Crippen LogP) is 2.64. The number of hydrogen-bond acceptors (Lipinski definition) is 4. The Morgan fingerprint density at radius 2 is 1.67 bits per heavy atom. The van der Waals surface area contributed by atoms with Gasteiger partial charge in [-0.3, -0.25) is 0 Å². The fraction of sp³-hybridized carbons (Fsp3) is 0.538. The number of aliphatic hydroxyl groups excluding tert-OH is 1. The van der Waals surface area contributed by atoms with Gasteiger partial charge in [-0.15, -0.1) is 0 Å². The first-order chi connectivity index (χ1) is 8.42. The molecule has 1 aromatic carbocycles. The maximum absolute atomic E-state index is 9.48. The number of halogens is 1. The Hall–Kier alpha value is -1.13. The van der Waals surface area contributed by atoms with Gasteiger partial charge >= 0.3 is 0 Å². The Labute approximate surface area is 112 Å².